The second-order valence-corrected chi connectivity index (χ2v) is 7.96. The standard InChI is InChI=1S/C19H30N6O2/c1-20-18-21-12-15(13-22-18)17(27)24-8-6-19(7-9-24)5-4-16(26)25(14-19)11-10-23(2)3/h12-13H,4-11,14H2,1-3H3,(H,20,21,22). The van der Waals surface area contributed by atoms with Crippen LogP contribution in [0.2, 0.25) is 0 Å². The van der Waals surface area contributed by atoms with Gasteiger partial charge in [0, 0.05) is 58.6 Å². The Kier molecular flexibility index (Phi) is 5.94. The summed E-state index contributed by atoms with van der Waals surface area (Å²) in [6.45, 7) is 3.94. The average molecular weight is 374 g/mol. The largest absolute Gasteiger partial charge is 0.357 e. The molecule has 0 saturated carbocycles. The molecule has 0 atom stereocenters. The van der Waals surface area contributed by atoms with E-state index in [1.807, 2.05) is 23.9 Å². The third-order valence-electron chi connectivity index (χ3n) is 5.80. The number of carbonyl (C=O) groups is 2. The Bertz CT molecular complexity index is 667. The third-order valence-corrected chi connectivity index (χ3v) is 5.80. The van der Waals surface area contributed by atoms with Crippen LogP contribution in [0, 0.1) is 5.41 Å². The number of carbonyl (C=O) groups excluding carboxylic acids is 2. The van der Waals surface area contributed by atoms with Crippen molar-refractivity contribution in [3.05, 3.63) is 18.0 Å². The highest BCUT2D eigenvalue weighted by Gasteiger charge is 2.41. The number of anilines is 1. The van der Waals surface area contributed by atoms with Crippen molar-refractivity contribution in [2.24, 2.45) is 5.41 Å². The van der Waals surface area contributed by atoms with Crippen LogP contribution < -0.4 is 5.32 Å². The lowest BCUT2D eigenvalue weighted by atomic mass is 9.72. The molecule has 0 aliphatic carbocycles. The molecule has 1 spiro atoms. The molecule has 3 heterocycles. The third kappa shape index (κ3) is 4.55. The van der Waals surface area contributed by atoms with E-state index in [-0.39, 0.29) is 17.2 Å². The molecule has 1 aromatic heterocycles. The van der Waals surface area contributed by atoms with Crippen molar-refractivity contribution in [3.63, 3.8) is 0 Å². The Morgan fingerprint density at radius 3 is 2.48 bits per heavy atom. The number of likely N-dealkylation sites (tertiary alicyclic amines) is 2. The van der Waals surface area contributed by atoms with Crippen LogP contribution in [0.4, 0.5) is 5.95 Å². The van der Waals surface area contributed by atoms with E-state index in [0.29, 0.717) is 17.9 Å². The summed E-state index contributed by atoms with van der Waals surface area (Å²) in [7, 11) is 5.81. The monoisotopic (exact) mass is 374 g/mol. The minimum atomic E-state index is -0.0103. The van der Waals surface area contributed by atoms with Crippen molar-refractivity contribution < 1.29 is 9.59 Å². The zero-order valence-electron chi connectivity index (χ0n) is 16.6. The van der Waals surface area contributed by atoms with Gasteiger partial charge in [-0.25, -0.2) is 9.97 Å². The fourth-order valence-corrected chi connectivity index (χ4v) is 3.97. The number of amides is 2. The summed E-state index contributed by atoms with van der Waals surface area (Å²) in [6, 6.07) is 0. The molecule has 2 aliphatic rings. The summed E-state index contributed by atoms with van der Waals surface area (Å²) >= 11 is 0. The van der Waals surface area contributed by atoms with Crippen molar-refractivity contribution in [3.8, 4) is 0 Å². The predicted octanol–water partition coefficient (Wildman–Crippen LogP) is 0.925. The van der Waals surface area contributed by atoms with Gasteiger partial charge in [-0.3, -0.25) is 9.59 Å². The van der Waals surface area contributed by atoms with Crippen LogP contribution in [0.1, 0.15) is 36.0 Å². The summed E-state index contributed by atoms with van der Waals surface area (Å²) in [5.41, 5.74) is 0.681. The average Bonchev–Trinajstić information content (AvgIpc) is 2.69. The first kappa shape index (κ1) is 19.5. The first-order valence-electron chi connectivity index (χ1n) is 9.64. The van der Waals surface area contributed by atoms with Crippen molar-refractivity contribution in [2.75, 3.05) is 59.2 Å². The summed E-state index contributed by atoms with van der Waals surface area (Å²) < 4.78 is 0. The molecule has 0 unspecified atom stereocenters. The topological polar surface area (TPSA) is 81.7 Å². The summed E-state index contributed by atoms with van der Waals surface area (Å²) in [6.07, 6.45) is 6.61. The molecular weight excluding hydrogens is 344 g/mol. The molecule has 8 nitrogen and oxygen atoms in total. The molecule has 8 heteroatoms. The molecule has 0 radical (unpaired) electrons. The van der Waals surface area contributed by atoms with E-state index in [9.17, 15) is 9.59 Å². The summed E-state index contributed by atoms with van der Waals surface area (Å²) in [5, 5.41) is 2.85. The Balaban J connectivity index is 1.58. The molecule has 0 bridgehead atoms. The molecule has 1 N–H and O–H groups in total. The van der Waals surface area contributed by atoms with Gasteiger partial charge in [-0.2, -0.15) is 0 Å². The van der Waals surface area contributed by atoms with Gasteiger partial charge in [-0.05, 0) is 38.8 Å². The maximum atomic E-state index is 12.7. The molecule has 27 heavy (non-hydrogen) atoms. The van der Waals surface area contributed by atoms with Gasteiger partial charge in [0.2, 0.25) is 11.9 Å². The minimum absolute atomic E-state index is 0.0103. The predicted molar refractivity (Wildman–Crippen MR) is 104 cm³/mol. The first-order chi connectivity index (χ1) is 12.9. The highest BCUT2D eigenvalue weighted by Crippen LogP contribution is 2.40. The van der Waals surface area contributed by atoms with Crippen LogP contribution in [0.25, 0.3) is 0 Å². The maximum Gasteiger partial charge on any atom is 0.256 e. The molecule has 2 fully saturated rings. The Morgan fingerprint density at radius 1 is 1.22 bits per heavy atom. The molecule has 0 aromatic carbocycles. The lowest BCUT2D eigenvalue weighted by Crippen LogP contribution is -2.53. The van der Waals surface area contributed by atoms with Crippen molar-refractivity contribution >= 4 is 17.8 Å². The van der Waals surface area contributed by atoms with Crippen LogP contribution in [0.5, 0.6) is 0 Å². The number of aromatic nitrogens is 2. The SMILES string of the molecule is CNc1ncc(C(=O)N2CCC3(CCC(=O)N(CCN(C)C)C3)CC2)cn1. The van der Waals surface area contributed by atoms with Crippen LogP contribution in [-0.2, 0) is 4.79 Å². The van der Waals surface area contributed by atoms with Crippen LogP contribution in [0.15, 0.2) is 12.4 Å². The maximum absolute atomic E-state index is 12.7. The van der Waals surface area contributed by atoms with E-state index in [2.05, 4.69) is 20.2 Å². The number of nitrogens with one attached hydrogen (secondary N) is 1. The van der Waals surface area contributed by atoms with Crippen molar-refractivity contribution in [1.82, 2.24) is 24.7 Å². The quantitative estimate of drug-likeness (QED) is 0.826. The minimum Gasteiger partial charge on any atom is -0.357 e. The Labute approximate surface area is 160 Å². The molecule has 148 valence electrons. The van der Waals surface area contributed by atoms with Gasteiger partial charge in [-0.1, -0.05) is 0 Å². The first-order valence-corrected chi connectivity index (χ1v) is 9.64. The highest BCUT2D eigenvalue weighted by atomic mass is 16.2. The van der Waals surface area contributed by atoms with Gasteiger partial charge in [0.15, 0.2) is 0 Å². The van der Waals surface area contributed by atoms with E-state index in [1.165, 1.54) is 0 Å². The van der Waals surface area contributed by atoms with Crippen LogP contribution in [0.3, 0.4) is 0 Å². The second kappa shape index (κ2) is 8.21. The van der Waals surface area contributed by atoms with Crippen molar-refractivity contribution in [1.29, 1.82) is 0 Å². The highest BCUT2D eigenvalue weighted by molar-refractivity contribution is 5.93. The molecular formula is C19H30N6O2. The molecule has 1 aromatic rings. The molecule has 2 amide bonds. The van der Waals surface area contributed by atoms with Crippen LogP contribution in [-0.4, -0.2) is 90.3 Å². The van der Waals surface area contributed by atoms with Crippen LogP contribution >= 0.6 is 0 Å². The number of hydrogen-bond acceptors (Lipinski definition) is 6. The zero-order chi connectivity index (χ0) is 19.4. The van der Waals surface area contributed by atoms with Crippen molar-refractivity contribution in [2.45, 2.75) is 25.7 Å². The van der Waals surface area contributed by atoms with E-state index >= 15 is 0 Å². The fraction of sp³-hybridized carbons (Fsp3) is 0.684. The normalized spacial score (nSPS) is 19.6. The van der Waals surface area contributed by atoms with E-state index in [1.54, 1.807) is 19.4 Å². The smallest absolute Gasteiger partial charge is 0.256 e. The van der Waals surface area contributed by atoms with E-state index in [0.717, 1.165) is 52.0 Å². The van der Waals surface area contributed by atoms with Gasteiger partial charge in [0.1, 0.15) is 0 Å². The van der Waals surface area contributed by atoms with Gasteiger partial charge in [0.05, 0.1) is 5.56 Å². The number of hydrogen-bond donors (Lipinski definition) is 1. The van der Waals surface area contributed by atoms with Gasteiger partial charge < -0.3 is 20.0 Å². The van der Waals surface area contributed by atoms with Gasteiger partial charge in [-0.15, -0.1) is 0 Å². The lowest BCUT2D eigenvalue weighted by molar-refractivity contribution is -0.139. The van der Waals surface area contributed by atoms with E-state index in [4.69, 9.17) is 0 Å². The van der Waals surface area contributed by atoms with Gasteiger partial charge >= 0.3 is 0 Å². The Morgan fingerprint density at radius 2 is 1.89 bits per heavy atom. The number of rotatable bonds is 5. The molecule has 2 aliphatic heterocycles. The number of likely N-dealkylation sites (N-methyl/N-ethyl adjacent to an activating group) is 1. The fourth-order valence-electron chi connectivity index (χ4n) is 3.97. The summed E-state index contributed by atoms with van der Waals surface area (Å²) in [4.78, 5) is 39.3. The molecule has 2 saturated heterocycles. The lowest BCUT2D eigenvalue weighted by Gasteiger charge is -2.47. The number of piperidine rings is 2. The van der Waals surface area contributed by atoms with Gasteiger partial charge in [0.25, 0.3) is 5.91 Å². The molecule has 3 rings (SSSR count). The zero-order valence-corrected chi connectivity index (χ0v) is 16.6. The Hall–Kier alpha value is -2.22. The van der Waals surface area contributed by atoms with E-state index < -0.39 is 0 Å². The second-order valence-electron chi connectivity index (χ2n) is 7.96. The summed E-state index contributed by atoms with van der Waals surface area (Å²) in [5.74, 6) is 0.764. The number of nitrogens with zero attached hydrogens (tertiary/aromatic N) is 5.